The standard InChI is InChI=1S/C15H30N2O2/c1-13(2)17(11-6-8-15(18)19)12-9-14-7-4-5-10-16(14)3/h13-14H,4-12H2,1-3H3,(H,18,19). The minimum absolute atomic E-state index is 0.284. The quantitative estimate of drug-likeness (QED) is 0.736. The van der Waals surface area contributed by atoms with Gasteiger partial charge in [0.05, 0.1) is 0 Å². The number of carboxylic acid groups (broad SMARTS) is 1. The average Bonchev–Trinajstić information content (AvgIpc) is 2.34. The van der Waals surface area contributed by atoms with Gasteiger partial charge in [0, 0.05) is 18.5 Å². The number of rotatable bonds is 8. The van der Waals surface area contributed by atoms with Gasteiger partial charge < -0.3 is 14.9 Å². The maximum Gasteiger partial charge on any atom is 0.303 e. The molecule has 112 valence electrons. The van der Waals surface area contributed by atoms with Crippen molar-refractivity contribution in [3.63, 3.8) is 0 Å². The van der Waals surface area contributed by atoms with Gasteiger partial charge in [-0.1, -0.05) is 6.42 Å². The molecule has 0 aromatic rings. The van der Waals surface area contributed by atoms with E-state index in [1.54, 1.807) is 0 Å². The monoisotopic (exact) mass is 270 g/mol. The molecule has 0 aromatic carbocycles. The third kappa shape index (κ3) is 6.39. The van der Waals surface area contributed by atoms with Crippen molar-refractivity contribution in [2.24, 2.45) is 0 Å². The highest BCUT2D eigenvalue weighted by Crippen LogP contribution is 2.18. The fraction of sp³-hybridized carbons (Fsp3) is 0.933. The number of aliphatic carboxylic acids is 1. The van der Waals surface area contributed by atoms with E-state index in [9.17, 15) is 4.79 Å². The maximum absolute atomic E-state index is 10.6. The Morgan fingerprint density at radius 1 is 1.37 bits per heavy atom. The van der Waals surface area contributed by atoms with Crippen LogP contribution < -0.4 is 0 Å². The molecule has 1 aliphatic heterocycles. The van der Waals surface area contributed by atoms with Gasteiger partial charge in [-0.05, 0) is 66.2 Å². The Kier molecular flexibility index (Phi) is 7.39. The molecule has 1 atom stereocenters. The van der Waals surface area contributed by atoms with Crippen LogP contribution >= 0.6 is 0 Å². The van der Waals surface area contributed by atoms with Crippen molar-refractivity contribution in [1.82, 2.24) is 9.80 Å². The Bertz CT molecular complexity index is 269. The van der Waals surface area contributed by atoms with Crippen LogP contribution in [0.4, 0.5) is 0 Å². The number of carbonyl (C=O) groups is 1. The molecule has 4 nitrogen and oxygen atoms in total. The normalized spacial score (nSPS) is 21.2. The average molecular weight is 270 g/mol. The van der Waals surface area contributed by atoms with Crippen molar-refractivity contribution < 1.29 is 9.90 Å². The molecule has 1 fully saturated rings. The predicted molar refractivity (Wildman–Crippen MR) is 78.5 cm³/mol. The van der Waals surface area contributed by atoms with Crippen LogP contribution in [0.5, 0.6) is 0 Å². The van der Waals surface area contributed by atoms with Crippen LogP contribution in [0.3, 0.4) is 0 Å². The molecule has 1 aliphatic rings. The molecule has 1 saturated heterocycles. The second-order valence-electron chi connectivity index (χ2n) is 6.05. The number of nitrogens with zero attached hydrogens (tertiary/aromatic N) is 2. The van der Waals surface area contributed by atoms with Crippen LogP contribution in [0.2, 0.25) is 0 Å². The zero-order valence-electron chi connectivity index (χ0n) is 12.8. The fourth-order valence-corrected chi connectivity index (χ4v) is 2.89. The van der Waals surface area contributed by atoms with Crippen molar-refractivity contribution in [1.29, 1.82) is 0 Å². The van der Waals surface area contributed by atoms with Gasteiger partial charge >= 0.3 is 5.97 Å². The van der Waals surface area contributed by atoms with E-state index in [0.717, 1.165) is 25.6 Å². The van der Waals surface area contributed by atoms with Crippen molar-refractivity contribution in [2.75, 3.05) is 26.7 Å². The molecule has 1 heterocycles. The first kappa shape index (κ1) is 16.4. The summed E-state index contributed by atoms with van der Waals surface area (Å²) in [6.07, 6.45) is 6.26. The smallest absolute Gasteiger partial charge is 0.303 e. The van der Waals surface area contributed by atoms with E-state index in [0.29, 0.717) is 6.04 Å². The molecular formula is C15H30N2O2. The Hall–Kier alpha value is -0.610. The molecule has 1 unspecified atom stereocenters. The third-order valence-electron chi connectivity index (χ3n) is 4.24. The molecule has 1 N–H and O–H groups in total. The summed E-state index contributed by atoms with van der Waals surface area (Å²) in [4.78, 5) is 15.5. The van der Waals surface area contributed by atoms with E-state index in [-0.39, 0.29) is 6.42 Å². The highest BCUT2D eigenvalue weighted by molar-refractivity contribution is 5.66. The Morgan fingerprint density at radius 3 is 2.68 bits per heavy atom. The van der Waals surface area contributed by atoms with E-state index in [1.165, 1.54) is 32.2 Å². The van der Waals surface area contributed by atoms with Crippen LogP contribution in [0.1, 0.15) is 52.4 Å². The molecule has 19 heavy (non-hydrogen) atoms. The Balaban J connectivity index is 2.30. The minimum Gasteiger partial charge on any atom is -0.481 e. The van der Waals surface area contributed by atoms with Gasteiger partial charge in [0.1, 0.15) is 0 Å². The van der Waals surface area contributed by atoms with Crippen molar-refractivity contribution in [2.45, 2.75) is 64.5 Å². The Morgan fingerprint density at radius 2 is 2.11 bits per heavy atom. The zero-order valence-corrected chi connectivity index (χ0v) is 12.8. The van der Waals surface area contributed by atoms with Crippen molar-refractivity contribution >= 4 is 5.97 Å². The van der Waals surface area contributed by atoms with Gasteiger partial charge in [0.15, 0.2) is 0 Å². The summed E-state index contributed by atoms with van der Waals surface area (Å²) in [6.45, 7) is 7.62. The van der Waals surface area contributed by atoms with Crippen LogP contribution in [0, 0.1) is 0 Å². The highest BCUT2D eigenvalue weighted by atomic mass is 16.4. The lowest BCUT2D eigenvalue weighted by Gasteiger charge is -2.35. The highest BCUT2D eigenvalue weighted by Gasteiger charge is 2.20. The first-order valence-electron chi connectivity index (χ1n) is 7.66. The van der Waals surface area contributed by atoms with Gasteiger partial charge in [-0.15, -0.1) is 0 Å². The first-order chi connectivity index (χ1) is 9.00. The lowest BCUT2D eigenvalue weighted by Crippen LogP contribution is -2.40. The summed E-state index contributed by atoms with van der Waals surface area (Å²) in [5, 5.41) is 8.71. The van der Waals surface area contributed by atoms with Gasteiger partial charge in [-0.2, -0.15) is 0 Å². The van der Waals surface area contributed by atoms with E-state index < -0.39 is 5.97 Å². The van der Waals surface area contributed by atoms with E-state index in [4.69, 9.17) is 5.11 Å². The van der Waals surface area contributed by atoms with Gasteiger partial charge in [-0.25, -0.2) is 0 Å². The van der Waals surface area contributed by atoms with Crippen molar-refractivity contribution in [3.05, 3.63) is 0 Å². The molecule has 0 amide bonds. The molecule has 0 aromatic heterocycles. The minimum atomic E-state index is -0.685. The molecular weight excluding hydrogens is 240 g/mol. The molecule has 1 rings (SSSR count). The summed E-state index contributed by atoms with van der Waals surface area (Å²) in [6, 6.07) is 1.22. The maximum atomic E-state index is 10.6. The molecule has 4 heteroatoms. The molecule has 0 aliphatic carbocycles. The number of piperidine rings is 1. The second-order valence-corrected chi connectivity index (χ2v) is 6.05. The second kappa shape index (κ2) is 8.54. The zero-order chi connectivity index (χ0) is 14.3. The van der Waals surface area contributed by atoms with Gasteiger partial charge in [-0.3, -0.25) is 4.79 Å². The summed E-state index contributed by atoms with van der Waals surface area (Å²) in [5.41, 5.74) is 0. The van der Waals surface area contributed by atoms with E-state index in [2.05, 4.69) is 30.7 Å². The predicted octanol–water partition coefficient (Wildman–Crippen LogP) is 2.44. The third-order valence-corrected chi connectivity index (χ3v) is 4.24. The molecule has 0 spiro atoms. The number of likely N-dealkylation sites (tertiary alicyclic amines) is 1. The van der Waals surface area contributed by atoms with Crippen LogP contribution in [0.15, 0.2) is 0 Å². The van der Waals surface area contributed by atoms with Gasteiger partial charge in [0.25, 0.3) is 0 Å². The lowest BCUT2D eigenvalue weighted by atomic mass is 9.99. The summed E-state index contributed by atoms with van der Waals surface area (Å²) >= 11 is 0. The fourth-order valence-electron chi connectivity index (χ4n) is 2.89. The number of carboxylic acids is 1. The topological polar surface area (TPSA) is 43.8 Å². The number of hydrogen-bond acceptors (Lipinski definition) is 3. The van der Waals surface area contributed by atoms with Crippen LogP contribution in [-0.2, 0) is 4.79 Å². The largest absolute Gasteiger partial charge is 0.481 e. The van der Waals surface area contributed by atoms with Crippen molar-refractivity contribution in [3.8, 4) is 0 Å². The molecule has 0 radical (unpaired) electrons. The van der Waals surface area contributed by atoms with E-state index >= 15 is 0 Å². The SMILES string of the molecule is CC(C)N(CCCC(=O)O)CCC1CCCCN1C. The molecule has 0 saturated carbocycles. The summed E-state index contributed by atoms with van der Waals surface area (Å²) in [5.74, 6) is -0.685. The first-order valence-corrected chi connectivity index (χ1v) is 7.66. The van der Waals surface area contributed by atoms with Crippen LogP contribution in [-0.4, -0.2) is 59.6 Å². The van der Waals surface area contributed by atoms with Gasteiger partial charge in [0.2, 0.25) is 0 Å². The Labute approximate surface area is 117 Å². The van der Waals surface area contributed by atoms with E-state index in [1.807, 2.05) is 0 Å². The van der Waals surface area contributed by atoms with Crippen LogP contribution in [0.25, 0.3) is 0 Å². The number of hydrogen-bond donors (Lipinski definition) is 1. The summed E-state index contributed by atoms with van der Waals surface area (Å²) in [7, 11) is 2.23. The lowest BCUT2D eigenvalue weighted by molar-refractivity contribution is -0.137. The summed E-state index contributed by atoms with van der Waals surface area (Å²) < 4.78 is 0. The molecule has 0 bridgehead atoms.